The standard InChI is InChI=1S/C14H12FN3O4S/c1-3-22-14(19)12-7-13(23(2,20)21)17-18(12)10-4-5-11(15)9(6-10)8-16/h4-7H,3H2,1-2H3. The number of halogens is 1. The summed E-state index contributed by atoms with van der Waals surface area (Å²) >= 11 is 0. The molecule has 9 heteroatoms. The van der Waals surface area contributed by atoms with Gasteiger partial charge in [-0.05, 0) is 25.1 Å². The number of nitriles is 1. The van der Waals surface area contributed by atoms with E-state index in [9.17, 15) is 17.6 Å². The van der Waals surface area contributed by atoms with Gasteiger partial charge in [0.2, 0.25) is 0 Å². The number of aromatic nitrogens is 2. The Labute approximate surface area is 131 Å². The van der Waals surface area contributed by atoms with Crippen LogP contribution in [0.4, 0.5) is 4.39 Å². The first-order valence-electron chi connectivity index (χ1n) is 6.45. The number of sulfone groups is 1. The Morgan fingerprint density at radius 2 is 2.13 bits per heavy atom. The molecule has 0 bridgehead atoms. The maximum Gasteiger partial charge on any atom is 0.357 e. The predicted octanol–water partition coefficient (Wildman–Crippen LogP) is 1.46. The maximum absolute atomic E-state index is 13.4. The molecule has 0 aliphatic carbocycles. The van der Waals surface area contributed by atoms with E-state index in [1.165, 1.54) is 6.07 Å². The zero-order chi connectivity index (χ0) is 17.2. The summed E-state index contributed by atoms with van der Waals surface area (Å²) in [4.78, 5) is 12.0. The summed E-state index contributed by atoms with van der Waals surface area (Å²) in [6, 6.07) is 6.21. The Bertz CT molecular complexity index is 913. The first kappa shape index (κ1) is 16.6. The third kappa shape index (κ3) is 3.37. The van der Waals surface area contributed by atoms with Gasteiger partial charge in [-0.1, -0.05) is 0 Å². The molecule has 7 nitrogen and oxygen atoms in total. The molecule has 0 aliphatic heterocycles. The Morgan fingerprint density at radius 3 is 2.70 bits per heavy atom. The Morgan fingerprint density at radius 1 is 1.43 bits per heavy atom. The monoisotopic (exact) mass is 337 g/mol. The van der Waals surface area contributed by atoms with Gasteiger partial charge < -0.3 is 4.74 Å². The molecule has 0 N–H and O–H groups in total. The molecule has 1 heterocycles. The van der Waals surface area contributed by atoms with Crippen molar-refractivity contribution in [2.75, 3.05) is 12.9 Å². The maximum atomic E-state index is 13.4. The fourth-order valence-electron chi connectivity index (χ4n) is 1.82. The fraction of sp³-hybridized carbons (Fsp3) is 0.214. The lowest BCUT2D eigenvalue weighted by molar-refractivity contribution is 0.0515. The lowest BCUT2D eigenvalue weighted by Crippen LogP contribution is -2.12. The molecule has 0 radical (unpaired) electrons. The van der Waals surface area contributed by atoms with Gasteiger partial charge in [0.15, 0.2) is 20.6 Å². The van der Waals surface area contributed by atoms with Gasteiger partial charge in [-0.2, -0.15) is 10.4 Å². The molecule has 0 atom stereocenters. The van der Waals surface area contributed by atoms with Crippen LogP contribution in [0, 0.1) is 17.1 Å². The van der Waals surface area contributed by atoms with Gasteiger partial charge in [0.1, 0.15) is 11.9 Å². The summed E-state index contributed by atoms with van der Waals surface area (Å²) < 4.78 is 42.6. The summed E-state index contributed by atoms with van der Waals surface area (Å²) in [5, 5.41) is 12.4. The van der Waals surface area contributed by atoms with E-state index in [1.807, 2.05) is 0 Å². The van der Waals surface area contributed by atoms with Crippen LogP contribution in [0.3, 0.4) is 0 Å². The van der Waals surface area contributed by atoms with E-state index >= 15 is 0 Å². The highest BCUT2D eigenvalue weighted by Crippen LogP contribution is 2.19. The molecule has 2 aromatic rings. The number of nitrogens with zero attached hydrogens (tertiary/aromatic N) is 3. The van der Waals surface area contributed by atoms with E-state index in [0.29, 0.717) is 0 Å². The SMILES string of the molecule is CCOC(=O)c1cc(S(C)(=O)=O)nn1-c1ccc(F)c(C#N)c1. The minimum atomic E-state index is -3.66. The van der Waals surface area contributed by atoms with Crippen molar-refractivity contribution in [1.29, 1.82) is 5.26 Å². The van der Waals surface area contributed by atoms with Crippen molar-refractivity contribution in [3.05, 3.63) is 41.3 Å². The molecular formula is C14H12FN3O4S. The largest absolute Gasteiger partial charge is 0.461 e. The van der Waals surface area contributed by atoms with Crippen LogP contribution in [0.2, 0.25) is 0 Å². The lowest BCUT2D eigenvalue weighted by atomic mass is 10.2. The number of carbonyl (C=O) groups excluding carboxylic acids is 1. The van der Waals surface area contributed by atoms with Crippen molar-refractivity contribution in [2.45, 2.75) is 11.9 Å². The molecule has 0 fully saturated rings. The van der Waals surface area contributed by atoms with Gasteiger partial charge in [-0.15, -0.1) is 0 Å². The molecule has 0 aliphatic rings. The molecule has 0 amide bonds. The molecule has 0 saturated carbocycles. The molecule has 23 heavy (non-hydrogen) atoms. The van der Waals surface area contributed by atoms with Crippen LogP contribution < -0.4 is 0 Å². The van der Waals surface area contributed by atoms with Crippen LogP contribution in [0.25, 0.3) is 5.69 Å². The molecule has 120 valence electrons. The highest BCUT2D eigenvalue weighted by Gasteiger charge is 2.22. The second kappa shape index (κ2) is 6.18. The Balaban J connectivity index is 2.67. The van der Waals surface area contributed by atoms with Gasteiger partial charge in [0.25, 0.3) is 0 Å². The number of hydrogen-bond acceptors (Lipinski definition) is 6. The lowest BCUT2D eigenvalue weighted by Gasteiger charge is -2.07. The fourth-order valence-corrected chi connectivity index (χ4v) is 2.37. The topological polar surface area (TPSA) is 102 Å². The smallest absolute Gasteiger partial charge is 0.357 e. The number of esters is 1. The van der Waals surface area contributed by atoms with E-state index in [2.05, 4.69) is 5.10 Å². The molecule has 0 spiro atoms. The average molecular weight is 337 g/mol. The molecule has 0 saturated heterocycles. The van der Waals surface area contributed by atoms with E-state index < -0.39 is 21.6 Å². The predicted molar refractivity (Wildman–Crippen MR) is 77.3 cm³/mol. The van der Waals surface area contributed by atoms with Crippen LogP contribution in [-0.4, -0.2) is 37.0 Å². The van der Waals surface area contributed by atoms with Crippen molar-refractivity contribution in [2.24, 2.45) is 0 Å². The highest BCUT2D eigenvalue weighted by molar-refractivity contribution is 7.90. The summed E-state index contributed by atoms with van der Waals surface area (Å²) in [6.07, 6.45) is 0.944. The molecular weight excluding hydrogens is 325 g/mol. The first-order valence-corrected chi connectivity index (χ1v) is 8.34. The second-order valence-electron chi connectivity index (χ2n) is 4.55. The second-order valence-corrected chi connectivity index (χ2v) is 6.51. The Hall–Kier alpha value is -2.73. The van der Waals surface area contributed by atoms with Crippen molar-refractivity contribution in [1.82, 2.24) is 9.78 Å². The zero-order valence-electron chi connectivity index (χ0n) is 12.3. The van der Waals surface area contributed by atoms with Gasteiger partial charge in [0, 0.05) is 12.3 Å². The minimum absolute atomic E-state index is 0.0884. The quantitative estimate of drug-likeness (QED) is 0.783. The van der Waals surface area contributed by atoms with Crippen LogP contribution in [-0.2, 0) is 14.6 Å². The highest BCUT2D eigenvalue weighted by atomic mass is 32.2. The van der Waals surface area contributed by atoms with Gasteiger partial charge in [-0.25, -0.2) is 22.3 Å². The van der Waals surface area contributed by atoms with Crippen LogP contribution >= 0.6 is 0 Å². The van der Waals surface area contributed by atoms with E-state index in [-0.39, 0.29) is 28.6 Å². The summed E-state index contributed by atoms with van der Waals surface area (Å²) in [5.74, 6) is -1.51. The Kier molecular flexibility index (Phi) is 4.47. The van der Waals surface area contributed by atoms with Crippen LogP contribution in [0.5, 0.6) is 0 Å². The van der Waals surface area contributed by atoms with Gasteiger partial charge in [0.05, 0.1) is 17.9 Å². The number of ether oxygens (including phenoxy) is 1. The number of hydrogen-bond donors (Lipinski definition) is 0. The van der Waals surface area contributed by atoms with Gasteiger partial charge in [-0.3, -0.25) is 0 Å². The third-order valence-corrected chi connectivity index (χ3v) is 3.83. The number of rotatable bonds is 4. The van der Waals surface area contributed by atoms with Crippen LogP contribution in [0.1, 0.15) is 23.0 Å². The third-order valence-electron chi connectivity index (χ3n) is 2.87. The van der Waals surface area contributed by atoms with Crippen LogP contribution in [0.15, 0.2) is 29.3 Å². The van der Waals surface area contributed by atoms with Crippen molar-refractivity contribution in [3.63, 3.8) is 0 Å². The summed E-state index contributed by atoms with van der Waals surface area (Å²) in [5.41, 5.74) is -0.225. The number of carbonyl (C=O) groups is 1. The van der Waals surface area contributed by atoms with E-state index in [0.717, 1.165) is 29.1 Å². The molecule has 1 aromatic heterocycles. The molecule has 0 unspecified atom stereocenters. The van der Waals surface area contributed by atoms with E-state index in [4.69, 9.17) is 10.00 Å². The normalized spacial score (nSPS) is 11.0. The first-order chi connectivity index (χ1) is 10.8. The van der Waals surface area contributed by atoms with Crippen molar-refractivity contribution < 1.29 is 22.3 Å². The van der Waals surface area contributed by atoms with Gasteiger partial charge >= 0.3 is 5.97 Å². The zero-order valence-corrected chi connectivity index (χ0v) is 13.1. The summed E-state index contributed by atoms with van der Waals surface area (Å²) in [7, 11) is -3.66. The minimum Gasteiger partial charge on any atom is -0.461 e. The van der Waals surface area contributed by atoms with Crippen molar-refractivity contribution in [3.8, 4) is 11.8 Å². The average Bonchev–Trinajstić information content (AvgIpc) is 2.93. The summed E-state index contributed by atoms with van der Waals surface area (Å²) in [6.45, 7) is 1.69. The molecule has 1 aromatic carbocycles. The molecule has 2 rings (SSSR count). The number of benzene rings is 1. The van der Waals surface area contributed by atoms with Crippen molar-refractivity contribution >= 4 is 15.8 Å². The van der Waals surface area contributed by atoms with E-state index in [1.54, 1.807) is 13.0 Å².